The van der Waals surface area contributed by atoms with E-state index in [0.29, 0.717) is 50.7 Å². The molecule has 0 aromatic carbocycles. The molecule has 30 heavy (non-hydrogen) atoms. The number of sulfonamides is 1. The molecular formula is C20H27N5O4S. The molecule has 1 aliphatic carbocycles. The third kappa shape index (κ3) is 3.61. The minimum absolute atomic E-state index is 0.0162. The molecular weight excluding hydrogens is 406 g/mol. The van der Waals surface area contributed by atoms with Gasteiger partial charge in [0.2, 0.25) is 16.0 Å². The van der Waals surface area contributed by atoms with E-state index in [1.165, 1.54) is 0 Å². The van der Waals surface area contributed by atoms with E-state index in [0.717, 1.165) is 31.1 Å². The van der Waals surface area contributed by atoms with Crippen molar-refractivity contribution in [3.63, 3.8) is 0 Å². The number of nitrogens with zero attached hydrogens (tertiary/aromatic N) is 4. The molecule has 4 heterocycles. The van der Waals surface area contributed by atoms with Crippen LogP contribution in [-0.4, -0.2) is 64.9 Å². The van der Waals surface area contributed by atoms with Gasteiger partial charge in [0.15, 0.2) is 0 Å². The van der Waals surface area contributed by atoms with E-state index in [2.05, 4.69) is 15.3 Å². The van der Waals surface area contributed by atoms with Crippen molar-refractivity contribution in [1.82, 2.24) is 18.8 Å². The lowest BCUT2D eigenvalue weighted by Crippen LogP contribution is -2.52. The minimum atomic E-state index is -3.26. The summed E-state index contributed by atoms with van der Waals surface area (Å²) in [6.45, 7) is 1.57. The summed E-state index contributed by atoms with van der Waals surface area (Å²) < 4.78 is 33.5. The zero-order valence-electron chi connectivity index (χ0n) is 16.9. The van der Waals surface area contributed by atoms with Gasteiger partial charge in [0.1, 0.15) is 10.9 Å². The monoisotopic (exact) mass is 433 g/mol. The van der Waals surface area contributed by atoms with Gasteiger partial charge in [0, 0.05) is 42.8 Å². The second kappa shape index (κ2) is 7.90. The Hall–Kier alpha value is -2.04. The number of ether oxygens (including phenoxy) is 1. The molecule has 5 rings (SSSR count). The summed E-state index contributed by atoms with van der Waals surface area (Å²) in [6, 6.07) is 3.68. The maximum atomic E-state index is 12.5. The number of fused-ring (bicyclic) bond motifs is 1. The van der Waals surface area contributed by atoms with Gasteiger partial charge in [-0.25, -0.2) is 17.7 Å². The van der Waals surface area contributed by atoms with Gasteiger partial charge in [0.25, 0.3) is 5.56 Å². The van der Waals surface area contributed by atoms with Gasteiger partial charge in [-0.3, -0.25) is 9.36 Å². The first-order valence-electron chi connectivity index (χ1n) is 10.7. The maximum Gasteiger partial charge on any atom is 0.252 e. The molecule has 0 bridgehead atoms. The van der Waals surface area contributed by atoms with Crippen molar-refractivity contribution in [2.45, 2.75) is 55.9 Å². The number of rotatable bonds is 5. The third-order valence-corrected chi connectivity index (χ3v) is 8.73. The van der Waals surface area contributed by atoms with Crippen LogP contribution in [0, 0.1) is 0 Å². The molecule has 9 nitrogen and oxygen atoms in total. The van der Waals surface area contributed by atoms with Crippen molar-refractivity contribution in [3.05, 3.63) is 28.7 Å². The van der Waals surface area contributed by atoms with Crippen molar-refractivity contribution in [3.8, 4) is 0 Å². The zero-order chi connectivity index (χ0) is 20.7. The summed E-state index contributed by atoms with van der Waals surface area (Å²) in [7, 11) is -3.26. The van der Waals surface area contributed by atoms with Crippen LogP contribution < -0.4 is 10.9 Å². The Morgan fingerprint density at radius 2 is 1.80 bits per heavy atom. The first kappa shape index (κ1) is 19.9. The molecule has 10 heteroatoms. The van der Waals surface area contributed by atoms with Gasteiger partial charge in [-0.2, -0.15) is 4.98 Å². The fourth-order valence-electron chi connectivity index (χ4n) is 4.66. The topological polar surface area (TPSA) is 106 Å². The summed E-state index contributed by atoms with van der Waals surface area (Å²) in [5, 5.41) is 3.82. The molecule has 3 aliphatic rings. The molecule has 0 unspecified atom stereocenters. The third-order valence-electron chi connectivity index (χ3n) is 6.53. The van der Waals surface area contributed by atoms with Crippen LogP contribution >= 0.6 is 0 Å². The normalized spacial score (nSPS) is 22.4. The molecule has 1 saturated carbocycles. The van der Waals surface area contributed by atoms with E-state index in [1.807, 2.05) is 4.57 Å². The Bertz CT molecular complexity index is 1080. The average Bonchev–Trinajstić information content (AvgIpc) is 3.21. The van der Waals surface area contributed by atoms with Crippen LogP contribution in [0.4, 0.5) is 5.95 Å². The summed E-state index contributed by atoms with van der Waals surface area (Å²) in [5.74, 6) is 0.494. The Kier molecular flexibility index (Phi) is 5.24. The average molecular weight is 434 g/mol. The van der Waals surface area contributed by atoms with Gasteiger partial charge in [0.05, 0.1) is 13.2 Å². The van der Waals surface area contributed by atoms with Crippen LogP contribution in [0.15, 0.2) is 23.1 Å². The number of hydrogen-bond donors (Lipinski definition) is 1. The molecule has 0 amide bonds. The number of hydrogen-bond acceptors (Lipinski definition) is 7. The molecule has 2 aromatic heterocycles. The van der Waals surface area contributed by atoms with Gasteiger partial charge >= 0.3 is 0 Å². The van der Waals surface area contributed by atoms with Crippen LogP contribution in [-0.2, 0) is 14.8 Å². The molecule has 0 atom stereocenters. The fraction of sp³-hybridized carbons (Fsp3) is 0.650. The number of piperidine rings is 1. The largest absolute Gasteiger partial charge is 0.378 e. The molecule has 2 aromatic rings. The maximum absolute atomic E-state index is 12.5. The summed E-state index contributed by atoms with van der Waals surface area (Å²) in [4.78, 5) is 21.7. The summed E-state index contributed by atoms with van der Waals surface area (Å²) in [5.41, 5.74) is 0.662. The quantitative estimate of drug-likeness (QED) is 0.762. The Morgan fingerprint density at radius 1 is 1.07 bits per heavy atom. The van der Waals surface area contributed by atoms with Crippen LogP contribution in [0.25, 0.3) is 11.0 Å². The minimum Gasteiger partial charge on any atom is -0.378 e. The molecule has 162 valence electrons. The zero-order valence-corrected chi connectivity index (χ0v) is 17.7. The second-order valence-corrected chi connectivity index (χ2v) is 10.7. The fourth-order valence-corrected chi connectivity index (χ4v) is 6.34. The number of nitrogens with one attached hydrogen (secondary N) is 1. The van der Waals surface area contributed by atoms with E-state index < -0.39 is 15.3 Å². The predicted molar refractivity (Wildman–Crippen MR) is 113 cm³/mol. The lowest BCUT2D eigenvalue weighted by molar-refractivity contribution is 0.0388. The van der Waals surface area contributed by atoms with E-state index in [-0.39, 0.29) is 17.6 Å². The first-order chi connectivity index (χ1) is 14.5. The van der Waals surface area contributed by atoms with E-state index in [1.54, 1.807) is 22.6 Å². The van der Waals surface area contributed by atoms with E-state index in [4.69, 9.17) is 4.74 Å². The number of pyridine rings is 1. The highest BCUT2D eigenvalue weighted by molar-refractivity contribution is 7.89. The van der Waals surface area contributed by atoms with Crippen molar-refractivity contribution >= 4 is 27.0 Å². The standard InChI is InChI=1S/C20H27N5O4S/c26-18-6-5-14-11-21-20(23-19(14)25(18)16-3-1-2-4-16)22-15-7-9-24(10-8-15)30(27,28)17-12-29-13-17/h5-6,11,15-17H,1-4,7-10,12-13H2,(H,21,22,23). The van der Waals surface area contributed by atoms with Crippen molar-refractivity contribution < 1.29 is 13.2 Å². The summed E-state index contributed by atoms with van der Waals surface area (Å²) >= 11 is 0. The Balaban J connectivity index is 1.31. The van der Waals surface area contributed by atoms with Gasteiger partial charge in [-0.1, -0.05) is 12.8 Å². The molecule has 2 saturated heterocycles. The highest BCUT2D eigenvalue weighted by Crippen LogP contribution is 2.30. The van der Waals surface area contributed by atoms with Crippen molar-refractivity contribution in [2.24, 2.45) is 0 Å². The van der Waals surface area contributed by atoms with Crippen LogP contribution in [0.5, 0.6) is 0 Å². The molecule has 1 N–H and O–H groups in total. The van der Waals surface area contributed by atoms with Crippen LogP contribution in [0.1, 0.15) is 44.6 Å². The smallest absolute Gasteiger partial charge is 0.252 e. The Morgan fingerprint density at radius 3 is 2.47 bits per heavy atom. The van der Waals surface area contributed by atoms with Gasteiger partial charge in [-0.15, -0.1) is 0 Å². The molecule has 2 aliphatic heterocycles. The second-order valence-electron chi connectivity index (χ2n) is 8.47. The lowest BCUT2D eigenvalue weighted by atomic mass is 10.1. The SMILES string of the molecule is O=c1ccc2cnc(NC3CCN(S(=O)(=O)C4COC4)CC3)nc2n1C1CCCC1. The van der Waals surface area contributed by atoms with Crippen molar-refractivity contribution in [2.75, 3.05) is 31.6 Å². The number of anilines is 1. The predicted octanol–water partition coefficient (Wildman–Crippen LogP) is 1.51. The van der Waals surface area contributed by atoms with E-state index >= 15 is 0 Å². The molecule has 0 radical (unpaired) electrons. The first-order valence-corrected chi connectivity index (χ1v) is 12.2. The summed E-state index contributed by atoms with van der Waals surface area (Å²) in [6.07, 6.45) is 7.42. The number of aromatic nitrogens is 3. The Labute approximate surface area is 175 Å². The van der Waals surface area contributed by atoms with Crippen molar-refractivity contribution in [1.29, 1.82) is 0 Å². The van der Waals surface area contributed by atoms with Gasteiger partial charge < -0.3 is 10.1 Å². The highest BCUT2D eigenvalue weighted by atomic mass is 32.2. The molecule has 3 fully saturated rings. The van der Waals surface area contributed by atoms with E-state index in [9.17, 15) is 13.2 Å². The lowest BCUT2D eigenvalue weighted by Gasteiger charge is -2.36. The molecule has 0 spiro atoms. The van der Waals surface area contributed by atoms with Crippen LogP contribution in [0.2, 0.25) is 0 Å². The van der Waals surface area contributed by atoms with Gasteiger partial charge in [-0.05, 0) is 31.7 Å². The highest BCUT2D eigenvalue weighted by Gasteiger charge is 2.38. The van der Waals surface area contributed by atoms with Crippen LogP contribution in [0.3, 0.4) is 0 Å².